The molecule has 0 aromatic heterocycles. The minimum Gasteiger partial charge on any atom is -0.462 e. The van der Waals surface area contributed by atoms with Crippen molar-refractivity contribution in [2.45, 2.75) is 200 Å². The summed E-state index contributed by atoms with van der Waals surface area (Å²) in [6.45, 7) is 3.61. The van der Waals surface area contributed by atoms with Crippen molar-refractivity contribution in [2.75, 3.05) is 13.2 Å². The Bertz CT molecular complexity index is 1060. The molecule has 0 rings (SSSR count). The van der Waals surface area contributed by atoms with Gasteiger partial charge in [-0.2, -0.15) is 0 Å². The molecule has 0 saturated carbocycles. The van der Waals surface area contributed by atoms with Gasteiger partial charge in [-0.25, -0.2) is 4.57 Å². The molecule has 0 unspecified atom stereocenters. The molecule has 2 N–H and O–H groups in total. The summed E-state index contributed by atoms with van der Waals surface area (Å²) in [6.07, 6.45) is 50.9. The van der Waals surface area contributed by atoms with Crippen LogP contribution in [0.5, 0.6) is 0 Å². The fourth-order valence-electron chi connectivity index (χ4n) is 5.77. The number of hydrogen-bond acceptors (Lipinski definition) is 6. The SMILES string of the molecule is CCCCC/C=C\C/C=C\C/C=C\C/C=C\CCCC(=O)OC[C@H](COP(=O)(O)O)OC(=O)CCCCCCCCC/C=C\CCCCCCCCCC. The van der Waals surface area contributed by atoms with E-state index in [1.54, 1.807) is 0 Å². The Balaban J connectivity index is 4.00. The lowest BCUT2D eigenvalue weighted by Crippen LogP contribution is -2.29. The minimum absolute atomic E-state index is 0.189. The summed E-state index contributed by atoms with van der Waals surface area (Å²) in [6, 6.07) is 0. The molecule has 1 atom stereocenters. The van der Waals surface area contributed by atoms with Crippen molar-refractivity contribution in [3.05, 3.63) is 60.8 Å². The number of rotatable bonds is 39. The Hall–Kier alpha value is -2.25. The maximum atomic E-state index is 12.4. The summed E-state index contributed by atoms with van der Waals surface area (Å²) in [5.74, 6) is -0.956. The molecule has 0 aliphatic carbocycles. The normalized spacial score (nSPS) is 13.0. The van der Waals surface area contributed by atoms with E-state index < -0.39 is 32.5 Å². The highest BCUT2D eigenvalue weighted by Gasteiger charge is 2.22. The first-order chi connectivity index (χ1) is 26.3. The standard InChI is InChI=1S/C45H79O8P/c1-3-5-7-9-11-13-15-17-19-21-22-24-26-28-30-32-34-36-38-40-45(47)53-43(42-52-54(48,49)50)41-51-44(46)39-37-35-33-31-29-27-25-23-20-18-16-14-12-10-8-6-4-2/h12,14,18,20-22,25,27,31,33,43H,3-11,13,15-17,19,23-24,26,28-30,32,34-42H2,1-2H3,(H2,48,49,50)/b14-12-,20-18-,22-21-,27-25-,33-31-/t43-/m1/s1. The van der Waals surface area contributed by atoms with Crippen LogP contribution in [-0.2, 0) is 28.2 Å². The lowest BCUT2D eigenvalue weighted by Gasteiger charge is -2.18. The first-order valence-electron chi connectivity index (χ1n) is 21.6. The van der Waals surface area contributed by atoms with Crippen LogP contribution in [0.15, 0.2) is 60.8 Å². The van der Waals surface area contributed by atoms with Gasteiger partial charge in [0, 0.05) is 12.8 Å². The van der Waals surface area contributed by atoms with E-state index in [4.69, 9.17) is 19.3 Å². The van der Waals surface area contributed by atoms with Gasteiger partial charge in [0.2, 0.25) is 0 Å². The van der Waals surface area contributed by atoms with Crippen LogP contribution in [0.3, 0.4) is 0 Å². The maximum Gasteiger partial charge on any atom is 0.469 e. The van der Waals surface area contributed by atoms with Gasteiger partial charge in [0.1, 0.15) is 6.61 Å². The van der Waals surface area contributed by atoms with Crippen LogP contribution in [0, 0.1) is 0 Å². The monoisotopic (exact) mass is 779 g/mol. The molecule has 9 heteroatoms. The molecule has 54 heavy (non-hydrogen) atoms. The summed E-state index contributed by atoms with van der Waals surface area (Å²) in [5.41, 5.74) is 0. The van der Waals surface area contributed by atoms with E-state index in [0.29, 0.717) is 12.8 Å². The molecule has 0 fully saturated rings. The molecule has 0 radical (unpaired) electrons. The third kappa shape index (κ3) is 42.5. The second-order valence-corrected chi connectivity index (χ2v) is 15.5. The number of allylic oxidation sites excluding steroid dienone is 10. The average Bonchev–Trinajstić information content (AvgIpc) is 3.14. The number of phosphoric acid groups is 1. The largest absolute Gasteiger partial charge is 0.469 e. The molecule has 0 aliphatic rings. The van der Waals surface area contributed by atoms with Gasteiger partial charge in [-0.05, 0) is 77.0 Å². The van der Waals surface area contributed by atoms with Crippen molar-refractivity contribution in [3.8, 4) is 0 Å². The third-order valence-corrected chi connectivity index (χ3v) is 9.49. The summed E-state index contributed by atoms with van der Waals surface area (Å²) in [7, 11) is -4.77. The molecular formula is C45H79O8P. The van der Waals surface area contributed by atoms with E-state index in [-0.39, 0.29) is 19.4 Å². The summed E-state index contributed by atoms with van der Waals surface area (Å²) in [4.78, 5) is 42.8. The molecule has 8 nitrogen and oxygen atoms in total. The summed E-state index contributed by atoms with van der Waals surface area (Å²) < 4.78 is 26.3. The first-order valence-corrected chi connectivity index (χ1v) is 23.1. The van der Waals surface area contributed by atoms with Crippen LogP contribution in [0.25, 0.3) is 0 Å². The molecule has 0 amide bonds. The van der Waals surface area contributed by atoms with Gasteiger partial charge in [0.05, 0.1) is 6.61 Å². The molecule has 0 aromatic rings. The summed E-state index contributed by atoms with van der Waals surface area (Å²) >= 11 is 0. The van der Waals surface area contributed by atoms with Crippen LogP contribution >= 0.6 is 7.82 Å². The molecule has 0 saturated heterocycles. The van der Waals surface area contributed by atoms with Crippen LogP contribution < -0.4 is 0 Å². The fraction of sp³-hybridized carbons (Fsp3) is 0.733. The van der Waals surface area contributed by atoms with Gasteiger partial charge in [0.15, 0.2) is 6.10 Å². The second kappa shape index (κ2) is 40.4. The third-order valence-electron chi connectivity index (χ3n) is 9.01. The van der Waals surface area contributed by atoms with Gasteiger partial charge in [-0.1, -0.05) is 164 Å². The number of phosphoric ester groups is 1. The highest BCUT2D eigenvalue weighted by atomic mass is 31.2. The van der Waals surface area contributed by atoms with Gasteiger partial charge in [-0.15, -0.1) is 0 Å². The van der Waals surface area contributed by atoms with Gasteiger partial charge < -0.3 is 19.3 Å². The predicted octanol–water partition coefficient (Wildman–Crippen LogP) is 13.3. The van der Waals surface area contributed by atoms with Crippen LogP contribution in [-0.4, -0.2) is 41.0 Å². The van der Waals surface area contributed by atoms with E-state index >= 15 is 0 Å². The fourth-order valence-corrected chi connectivity index (χ4v) is 6.13. The predicted molar refractivity (Wildman–Crippen MR) is 225 cm³/mol. The highest BCUT2D eigenvalue weighted by Crippen LogP contribution is 2.36. The Morgan fingerprint density at radius 2 is 0.852 bits per heavy atom. The van der Waals surface area contributed by atoms with E-state index in [9.17, 15) is 14.2 Å². The van der Waals surface area contributed by atoms with Gasteiger partial charge in [0.25, 0.3) is 0 Å². The van der Waals surface area contributed by atoms with Crippen LogP contribution in [0.2, 0.25) is 0 Å². The van der Waals surface area contributed by atoms with Gasteiger partial charge >= 0.3 is 19.8 Å². The van der Waals surface area contributed by atoms with Crippen LogP contribution in [0.1, 0.15) is 194 Å². The van der Waals surface area contributed by atoms with E-state index in [2.05, 4.69) is 73.1 Å². The summed E-state index contributed by atoms with van der Waals surface area (Å²) in [5, 5.41) is 0. The van der Waals surface area contributed by atoms with Crippen molar-refractivity contribution in [2.24, 2.45) is 0 Å². The molecule has 0 spiro atoms. The zero-order chi connectivity index (χ0) is 39.6. The number of carbonyl (C=O) groups excluding carboxylic acids is 2. The van der Waals surface area contributed by atoms with E-state index in [1.165, 1.54) is 103 Å². The number of unbranched alkanes of at least 4 members (excludes halogenated alkanes) is 19. The lowest BCUT2D eigenvalue weighted by atomic mass is 10.1. The topological polar surface area (TPSA) is 119 Å². The molecule has 0 heterocycles. The van der Waals surface area contributed by atoms with Crippen molar-refractivity contribution in [1.82, 2.24) is 0 Å². The lowest BCUT2D eigenvalue weighted by molar-refractivity contribution is -0.161. The van der Waals surface area contributed by atoms with Gasteiger partial charge in [-0.3, -0.25) is 14.1 Å². The average molecular weight is 779 g/mol. The first kappa shape index (κ1) is 51.8. The van der Waals surface area contributed by atoms with Crippen LogP contribution in [0.4, 0.5) is 0 Å². The van der Waals surface area contributed by atoms with Crippen molar-refractivity contribution >= 4 is 19.8 Å². The van der Waals surface area contributed by atoms with E-state index in [0.717, 1.165) is 51.4 Å². The van der Waals surface area contributed by atoms with Crippen molar-refractivity contribution in [1.29, 1.82) is 0 Å². The quantitative estimate of drug-likeness (QED) is 0.0274. The Kier molecular flexibility index (Phi) is 38.7. The molecule has 312 valence electrons. The zero-order valence-electron chi connectivity index (χ0n) is 34.4. The zero-order valence-corrected chi connectivity index (χ0v) is 35.2. The molecular weight excluding hydrogens is 699 g/mol. The Morgan fingerprint density at radius 3 is 1.35 bits per heavy atom. The number of hydrogen-bond donors (Lipinski definition) is 2. The number of esters is 2. The highest BCUT2D eigenvalue weighted by molar-refractivity contribution is 7.46. The maximum absolute atomic E-state index is 12.4. The van der Waals surface area contributed by atoms with Crippen molar-refractivity contribution < 1.29 is 37.9 Å². The molecule has 0 bridgehead atoms. The Morgan fingerprint density at radius 1 is 0.481 bits per heavy atom. The Labute approximate surface area is 330 Å². The molecule has 0 aromatic carbocycles. The van der Waals surface area contributed by atoms with Crippen molar-refractivity contribution in [3.63, 3.8) is 0 Å². The van der Waals surface area contributed by atoms with E-state index in [1.807, 2.05) is 6.08 Å². The number of ether oxygens (including phenoxy) is 2. The second-order valence-electron chi connectivity index (χ2n) is 14.3. The minimum atomic E-state index is -4.77. The molecule has 0 aliphatic heterocycles. The smallest absolute Gasteiger partial charge is 0.462 e. The number of carbonyl (C=O) groups is 2.